The Bertz CT molecular complexity index is 254. The number of allylic oxidation sites excluding steroid dienone is 2. The second kappa shape index (κ2) is 2.86. The first-order chi connectivity index (χ1) is 5.71. The molecule has 0 unspecified atom stereocenters. The molecule has 74 valence electrons. The van der Waals surface area contributed by atoms with Gasteiger partial charge in [0.05, 0.1) is 0 Å². The maximum atomic E-state index is 11.4. The fraction of sp³-hybridized carbons (Fsp3) is 0.727. The Hall–Kier alpha value is -0.790. The summed E-state index contributed by atoms with van der Waals surface area (Å²) in [5.74, 6) is 0.968. The first-order valence-electron chi connectivity index (χ1n) is 4.65. The minimum atomic E-state index is -0.339. The average molecular weight is 182 g/mol. The van der Waals surface area contributed by atoms with E-state index < -0.39 is 0 Å². The van der Waals surface area contributed by atoms with E-state index in [1.165, 1.54) is 0 Å². The number of ether oxygens (including phenoxy) is 1. The number of carbonyl (C=O) groups excluding carboxylic acids is 1. The van der Waals surface area contributed by atoms with Crippen molar-refractivity contribution in [2.24, 2.45) is 5.41 Å². The smallest absolute Gasteiger partial charge is 0.163 e. The Morgan fingerprint density at radius 1 is 1.38 bits per heavy atom. The van der Waals surface area contributed by atoms with Gasteiger partial charge in [-0.15, -0.1) is 0 Å². The molecular weight excluding hydrogens is 164 g/mol. The molecule has 0 amide bonds. The lowest BCUT2D eigenvalue weighted by molar-refractivity contribution is -0.123. The van der Waals surface area contributed by atoms with Gasteiger partial charge in [-0.25, -0.2) is 0 Å². The second-order valence-corrected chi connectivity index (χ2v) is 5.26. The number of hydrogen-bond acceptors (Lipinski definition) is 2. The molecule has 0 saturated carbocycles. The molecule has 1 rings (SSSR count). The third-order valence-corrected chi connectivity index (χ3v) is 2.02. The van der Waals surface area contributed by atoms with Crippen LogP contribution in [0.25, 0.3) is 0 Å². The van der Waals surface area contributed by atoms with Gasteiger partial charge in [-0.3, -0.25) is 4.79 Å². The van der Waals surface area contributed by atoms with Gasteiger partial charge < -0.3 is 4.74 Å². The van der Waals surface area contributed by atoms with Crippen molar-refractivity contribution in [2.45, 2.75) is 46.6 Å². The first kappa shape index (κ1) is 10.3. The maximum Gasteiger partial charge on any atom is 0.163 e. The van der Waals surface area contributed by atoms with Crippen molar-refractivity contribution in [2.75, 3.05) is 0 Å². The van der Waals surface area contributed by atoms with Gasteiger partial charge in [0.15, 0.2) is 5.78 Å². The van der Waals surface area contributed by atoms with Crippen LogP contribution in [-0.2, 0) is 9.53 Å². The SMILES string of the molecule is CC1(C)CC(=O)C=C(C(C)(C)C)O1. The minimum absolute atomic E-state index is 0.0760. The Morgan fingerprint density at radius 3 is 2.31 bits per heavy atom. The molecule has 0 aromatic rings. The van der Waals surface area contributed by atoms with Gasteiger partial charge in [-0.1, -0.05) is 20.8 Å². The first-order valence-corrected chi connectivity index (χ1v) is 4.65. The molecule has 0 saturated heterocycles. The monoisotopic (exact) mass is 182 g/mol. The fourth-order valence-corrected chi connectivity index (χ4v) is 1.35. The summed E-state index contributed by atoms with van der Waals surface area (Å²) in [5, 5.41) is 0. The second-order valence-electron chi connectivity index (χ2n) is 5.26. The third kappa shape index (κ3) is 2.58. The molecule has 0 atom stereocenters. The van der Waals surface area contributed by atoms with Crippen LogP contribution in [0, 0.1) is 5.41 Å². The molecule has 0 aromatic heterocycles. The Morgan fingerprint density at radius 2 is 1.92 bits per heavy atom. The van der Waals surface area contributed by atoms with Crippen molar-refractivity contribution >= 4 is 5.78 Å². The number of carbonyl (C=O) groups is 1. The minimum Gasteiger partial charge on any atom is -0.491 e. The van der Waals surface area contributed by atoms with Gasteiger partial charge in [0.1, 0.15) is 11.4 Å². The molecule has 1 heterocycles. The van der Waals surface area contributed by atoms with Gasteiger partial charge in [0.2, 0.25) is 0 Å². The summed E-state index contributed by atoms with van der Waals surface area (Å²) in [6.07, 6.45) is 2.11. The van der Waals surface area contributed by atoms with Crippen LogP contribution in [0.4, 0.5) is 0 Å². The highest BCUT2D eigenvalue weighted by Gasteiger charge is 2.33. The van der Waals surface area contributed by atoms with Crippen molar-refractivity contribution in [3.05, 3.63) is 11.8 Å². The Kier molecular flexibility index (Phi) is 2.27. The lowest BCUT2D eigenvalue weighted by atomic mass is 9.88. The molecule has 0 aliphatic carbocycles. The molecule has 2 nitrogen and oxygen atoms in total. The zero-order chi connectivity index (χ0) is 10.3. The number of rotatable bonds is 0. The molecule has 0 fully saturated rings. The van der Waals surface area contributed by atoms with Crippen LogP contribution in [0.1, 0.15) is 41.0 Å². The van der Waals surface area contributed by atoms with Crippen LogP contribution in [0.5, 0.6) is 0 Å². The topological polar surface area (TPSA) is 26.3 Å². The van der Waals surface area contributed by atoms with Crippen LogP contribution in [0.3, 0.4) is 0 Å². The molecule has 1 aliphatic heterocycles. The number of ketones is 1. The van der Waals surface area contributed by atoms with Crippen LogP contribution >= 0.6 is 0 Å². The highest BCUT2D eigenvalue weighted by Crippen LogP contribution is 2.34. The van der Waals surface area contributed by atoms with Gasteiger partial charge >= 0.3 is 0 Å². The molecule has 13 heavy (non-hydrogen) atoms. The van der Waals surface area contributed by atoms with Crippen molar-refractivity contribution in [3.8, 4) is 0 Å². The highest BCUT2D eigenvalue weighted by atomic mass is 16.5. The lowest BCUT2D eigenvalue weighted by Crippen LogP contribution is -2.34. The van der Waals surface area contributed by atoms with Crippen molar-refractivity contribution in [3.63, 3.8) is 0 Å². The Labute approximate surface area is 80.0 Å². The van der Waals surface area contributed by atoms with E-state index in [-0.39, 0.29) is 16.8 Å². The summed E-state index contributed by atoms with van der Waals surface area (Å²) in [5.41, 5.74) is -0.415. The fourth-order valence-electron chi connectivity index (χ4n) is 1.35. The molecule has 2 heteroatoms. The van der Waals surface area contributed by atoms with Crippen molar-refractivity contribution in [1.82, 2.24) is 0 Å². The molecule has 1 aliphatic rings. The van der Waals surface area contributed by atoms with Crippen LogP contribution in [-0.4, -0.2) is 11.4 Å². The summed E-state index contributed by atoms with van der Waals surface area (Å²) in [7, 11) is 0. The predicted octanol–water partition coefficient (Wildman–Crippen LogP) is 2.68. The van der Waals surface area contributed by atoms with Gasteiger partial charge in [-0.2, -0.15) is 0 Å². The van der Waals surface area contributed by atoms with E-state index in [1.807, 2.05) is 34.6 Å². The summed E-state index contributed by atoms with van der Waals surface area (Å²) < 4.78 is 5.75. The normalized spacial score (nSPS) is 22.2. The summed E-state index contributed by atoms with van der Waals surface area (Å²) in [4.78, 5) is 11.4. The van der Waals surface area contributed by atoms with Gasteiger partial charge in [0, 0.05) is 17.9 Å². The van der Waals surface area contributed by atoms with E-state index in [4.69, 9.17) is 4.74 Å². The van der Waals surface area contributed by atoms with E-state index in [0.29, 0.717) is 6.42 Å². The molecule has 0 aromatic carbocycles. The molecule has 0 radical (unpaired) electrons. The molecule has 0 N–H and O–H groups in total. The van der Waals surface area contributed by atoms with E-state index in [0.717, 1.165) is 5.76 Å². The zero-order valence-electron chi connectivity index (χ0n) is 9.10. The van der Waals surface area contributed by atoms with Crippen molar-refractivity contribution < 1.29 is 9.53 Å². The van der Waals surface area contributed by atoms with Gasteiger partial charge in [-0.05, 0) is 13.8 Å². The largest absolute Gasteiger partial charge is 0.491 e. The highest BCUT2D eigenvalue weighted by molar-refractivity contribution is 5.91. The number of hydrogen-bond donors (Lipinski definition) is 0. The van der Waals surface area contributed by atoms with Gasteiger partial charge in [0.25, 0.3) is 0 Å². The van der Waals surface area contributed by atoms with Crippen molar-refractivity contribution in [1.29, 1.82) is 0 Å². The molecule has 0 bridgehead atoms. The molecule has 0 spiro atoms. The maximum absolute atomic E-state index is 11.4. The zero-order valence-corrected chi connectivity index (χ0v) is 9.10. The van der Waals surface area contributed by atoms with E-state index in [1.54, 1.807) is 6.08 Å². The van der Waals surface area contributed by atoms with E-state index in [9.17, 15) is 4.79 Å². The predicted molar refractivity (Wildman–Crippen MR) is 52.3 cm³/mol. The van der Waals surface area contributed by atoms with E-state index in [2.05, 4.69) is 0 Å². The van der Waals surface area contributed by atoms with Crippen LogP contribution in [0.2, 0.25) is 0 Å². The summed E-state index contributed by atoms with van der Waals surface area (Å²) in [6.45, 7) is 10.0. The quantitative estimate of drug-likeness (QED) is 0.575. The van der Waals surface area contributed by atoms with E-state index >= 15 is 0 Å². The summed E-state index contributed by atoms with van der Waals surface area (Å²) >= 11 is 0. The average Bonchev–Trinajstić information content (AvgIpc) is 1.79. The Balaban J connectivity index is 2.94. The third-order valence-electron chi connectivity index (χ3n) is 2.02. The standard InChI is InChI=1S/C11H18O2/c1-10(2,3)9-6-8(12)7-11(4,5)13-9/h6H,7H2,1-5H3. The summed E-state index contributed by atoms with van der Waals surface area (Å²) in [6, 6.07) is 0. The lowest BCUT2D eigenvalue weighted by Gasteiger charge is -2.35. The van der Waals surface area contributed by atoms with Crippen LogP contribution in [0.15, 0.2) is 11.8 Å². The molecular formula is C11H18O2. The van der Waals surface area contributed by atoms with Crippen LogP contribution < -0.4 is 0 Å².